The van der Waals surface area contributed by atoms with Crippen LogP contribution in [0.5, 0.6) is 5.75 Å². The average molecular weight is 312 g/mol. The highest BCUT2D eigenvalue weighted by Gasteiger charge is 2.27. The monoisotopic (exact) mass is 311 g/mol. The Labute approximate surface area is 132 Å². The Hall–Kier alpha value is -0.810. The molecule has 2 atom stereocenters. The highest BCUT2D eigenvalue weighted by molar-refractivity contribution is 6.32. The molecule has 2 N–H and O–H groups in total. The third-order valence-electron chi connectivity index (χ3n) is 4.30. The first kappa shape index (κ1) is 16.6. The molecule has 1 heterocycles. The summed E-state index contributed by atoms with van der Waals surface area (Å²) in [7, 11) is 2.17. The number of piperazine rings is 1. The molecule has 118 valence electrons. The first-order valence-electron chi connectivity index (χ1n) is 7.63. The summed E-state index contributed by atoms with van der Waals surface area (Å²) in [6, 6.07) is 6.79. The average Bonchev–Trinajstić information content (AvgIpc) is 2.46. The number of nitrogens with two attached hydrogens (primary N) is 1. The third-order valence-corrected chi connectivity index (χ3v) is 4.59. The number of hydrogen-bond donors (Lipinski definition) is 1. The van der Waals surface area contributed by atoms with Crippen LogP contribution >= 0.6 is 11.6 Å². The fraction of sp³-hybridized carbons (Fsp3) is 0.625. The van der Waals surface area contributed by atoms with E-state index in [4.69, 9.17) is 22.1 Å². The summed E-state index contributed by atoms with van der Waals surface area (Å²) in [6.45, 7) is 8.57. The zero-order valence-electron chi connectivity index (χ0n) is 13.2. The quantitative estimate of drug-likeness (QED) is 0.906. The van der Waals surface area contributed by atoms with Crippen LogP contribution in [-0.2, 0) is 0 Å². The predicted octanol–water partition coefficient (Wildman–Crippen LogP) is 2.37. The van der Waals surface area contributed by atoms with Gasteiger partial charge in [0.15, 0.2) is 0 Å². The number of benzene rings is 1. The SMILES string of the molecule is CCOc1ccc(C(CN)N2CCN(C)C(C)C2)cc1Cl. The van der Waals surface area contributed by atoms with E-state index < -0.39 is 0 Å². The van der Waals surface area contributed by atoms with E-state index in [1.165, 1.54) is 5.56 Å². The van der Waals surface area contributed by atoms with Crippen LogP contribution in [0.25, 0.3) is 0 Å². The molecule has 1 aromatic carbocycles. The van der Waals surface area contributed by atoms with Crippen LogP contribution in [-0.4, -0.2) is 55.7 Å². The van der Waals surface area contributed by atoms with Crippen molar-refractivity contribution in [2.75, 3.05) is 39.8 Å². The van der Waals surface area contributed by atoms with Gasteiger partial charge in [-0.05, 0) is 38.6 Å². The summed E-state index contributed by atoms with van der Waals surface area (Å²) in [5, 5.41) is 0.662. The maximum atomic E-state index is 6.31. The minimum atomic E-state index is 0.217. The summed E-state index contributed by atoms with van der Waals surface area (Å²) < 4.78 is 5.50. The lowest BCUT2D eigenvalue weighted by molar-refractivity contribution is 0.0741. The van der Waals surface area contributed by atoms with Crippen molar-refractivity contribution in [2.45, 2.75) is 25.9 Å². The lowest BCUT2D eigenvalue weighted by Crippen LogP contribution is -2.52. The van der Waals surface area contributed by atoms with Gasteiger partial charge in [0.2, 0.25) is 0 Å². The van der Waals surface area contributed by atoms with Gasteiger partial charge in [-0.15, -0.1) is 0 Å². The molecule has 0 aliphatic carbocycles. The molecule has 2 unspecified atom stereocenters. The van der Waals surface area contributed by atoms with Gasteiger partial charge in [0.25, 0.3) is 0 Å². The number of halogens is 1. The third kappa shape index (κ3) is 3.89. The van der Waals surface area contributed by atoms with Gasteiger partial charge in [0.1, 0.15) is 5.75 Å². The molecule has 0 aromatic heterocycles. The van der Waals surface area contributed by atoms with E-state index in [9.17, 15) is 0 Å². The van der Waals surface area contributed by atoms with E-state index in [0.717, 1.165) is 25.4 Å². The molecule has 1 fully saturated rings. The Bertz CT molecular complexity index is 469. The van der Waals surface area contributed by atoms with Crippen molar-refractivity contribution in [3.8, 4) is 5.75 Å². The fourth-order valence-electron chi connectivity index (χ4n) is 2.85. The number of likely N-dealkylation sites (N-methyl/N-ethyl adjacent to an activating group) is 1. The largest absolute Gasteiger partial charge is 0.492 e. The zero-order valence-corrected chi connectivity index (χ0v) is 13.9. The zero-order chi connectivity index (χ0) is 15.4. The molecule has 5 heteroatoms. The Balaban J connectivity index is 2.15. The van der Waals surface area contributed by atoms with E-state index >= 15 is 0 Å². The van der Waals surface area contributed by atoms with E-state index in [2.05, 4.69) is 29.8 Å². The van der Waals surface area contributed by atoms with E-state index in [-0.39, 0.29) is 6.04 Å². The number of ether oxygens (including phenoxy) is 1. The van der Waals surface area contributed by atoms with Crippen LogP contribution in [0, 0.1) is 0 Å². The standard InChI is InChI=1S/C16H26ClN3O/c1-4-21-16-6-5-13(9-14(16)17)15(10-18)20-8-7-19(3)12(2)11-20/h5-6,9,12,15H,4,7-8,10-11,18H2,1-3H3. The highest BCUT2D eigenvalue weighted by Crippen LogP contribution is 2.30. The summed E-state index contributed by atoms with van der Waals surface area (Å²) in [4.78, 5) is 4.84. The van der Waals surface area contributed by atoms with Crippen LogP contribution in [0.3, 0.4) is 0 Å². The Morgan fingerprint density at radius 3 is 2.76 bits per heavy atom. The molecule has 4 nitrogen and oxygen atoms in total. The Morgan fingerprint density at radius 2 is 2.19 bits per heavy atom. The minimum Gasteiger partial charge on any atom is -0.492 e. The van der Waals surface area contributed by atoms with Crippen molar-refractivity contribution >= 4 is 11.6 Å². The second-order valence-electron chi connectivity index (χ2n) is 5.70. The summed E-state index contributed by atoms with van der Waals surface area (Å²) in [6.07, 6.45) is 0. The molecule has 1 saturated heterocycles. The normalized spacial score (nSPS) is 22.2. The lowest BCUT2D eigenvalue weighted by atomic mass is 10.0. The number of rotatable bonds is 5. The molecule has 0 spiro atoms. The molecule has 21 heavy (non-hydrogen) atoms. The van der Waals surface area contributed by atoms with Crippen LogP contribution < -0.4 is 10.5 Å². The van der Waals surface area contributed by atoms with Gasteiger partial charge in [-0.1, -0.05) is 17.7 Å². The van der Waals surface area contributed by atoms with Gasteiger partial charge >= 0.3 is 0 Å². The van der Waals surface area contributed by atoms with Crippen LogP contribution in [0.15, 0.2) is 18.2 Å². The van der Waals surface area contributed by atoms with Gasteiger partial charge in [0.05, 0.1) is 11.6 Å². The molecular weight excluding hydrogens is 286 g/mol. The number of nitrogens with zero attached hydrogens (tertiary/aromatic N) is 2. The lowest BCUT2D eigenvalue weighted by Gasteiger charge is -2.41. The van der Waals surface area contributed by atoms with Crippen LogP contribution in [0.1, 0.15) is 25.5 Å². The molecule has 0 radical (unpaired) electrons. The minimum absolute atomic E-state index is 0.217. The van der Waals surface area contributed by atoms with E-state index in [1.807, 2.05) is 19.1 Å². The molecule has 1 aromatic rings. The first-order chi connectivity index (χ1) is 10.1. The molecular formula is C16H26ClN3O. The first-order valence-corrected chi connectivity index (χ1v) is 8.01. The maximum absolute atomic E-state index is 6.31. The van der Waals surface area contributed by atoms with Gasteiger partial charge in [-0.3, -0.25) is 4.90 Å². The van der Waals surface area contributed by atoms with Crippen LogP contribution in [0.2, 0.25) is 5.02 Å². The second-order valence-corrected chi connectivity index (χ2v) is 6.11. The summed E-state index contributed by atoms with van der Waals surface area (Å²) in [5.41, 5.74) is 7.20. The van der Waals surface area contributed by atoms with E-state index in [0.29, 0.717) is 24.2 Å². The van der Waals surface area contributed by atoms with Gasteiger partial charge in [-0.2, -0.15) is 0 Å². The topological polar surface area (TPSA) is 41.7 Å². The van der Waals surface area contributed by atoms with Gasteiger partial charge in [0, 0.05) is 38.3 Å². The second kappa shape index (κ2) is 7.45. The van der Waals surface area contributed by atoms with Crippen molar-refractivity contribution in [3.63, 3.8) is 0 Å². The Morgan fingerprint density at radius 1 is 1.43 bits per heavy atom. The summed E-state index contributed by atoms with van der Waals surface area (Å²) in [5.74, 6) is 0.741. The molecule has 1 aliphatic rings. The maximum Gasteiger partial charge on any atom is 0.137 e. The van der Waals surface area contributed by atoms with Crippen molar-refractivity contribution in [1.82, 2.24) is 9.80 Å². The summed E-state index contributed by atoms with van der Waals surface area (Å²) >= 11 is 6.31. The van der Waals surface area contributed by atoms with Crippen molar-refractivity contribution in [1.29, 1.82) is 0 Å². The smallest absolute Gasteiger partial charge is 0.137 e. The van der Waals surface area contributed by atoms with Crippen molar-refractivity contribution in [2.24, 2.45) is 5.73 Å². The molecule has 0 amide bonds. The van der Waals surface area contributed by atoms with Crippen molar-refractivity contribution < 1.29 is 4.74 Å². The Kier molecular flexibility index (Phi) is 5.88. The van der Waals surface area contributed by atoms with E-state index in [1.54, 1.807) is 0 Å². The van der Waals surface area contributed by atoms with Gasteiger partial charge in [-0.25, -0.2) is 0 Å². The number of hydrogen-bond acceptors (Lipinski definition) is 4. The fourth-order valence-corrected chi connectivity index (χ4v) is 3.10. The van der Waals surface area contributed by atoms with Gasteiger partial charge < -0.3 is 15.4 Å². The van der Waals surface area contributed by atoms with Crippen LogP contribution in [0.4, 0.5) is 0 Å². The molecule has 2 rings (SSSR count). The molecule has 0 bridgehead atoms. The molecule has 0 saturated carbocycles. The highest BCUT2D eigenvalue weighted by atomic mass is 35.5. The van der Waals surface area contributed by atoms with Crippen molar-refractivity contribution in [3.05, 3.63) is 28.8 Å². The predicted molar refractivity (Wildman–Crippen MR) is 88.1 cm³/mol. The molecule has 1 aliphatic heterocycles.